The van der Waals surface area contributed by atoms with Gasteiger partial charge in [-0.3, -0.25) is 0 Å². The van der Waals surface area contributed by atoms with Crippen molar-refractivity contribution in [2.45, 2.75) is 27.1 Å². The van der Waals surface area contributed by atoms with Gasteiger partial charge in [0.1, 0.15) is 36.1 Å². The van der Waals surface area contributed by atoms with E-state index in [-0.39, 0.29) is 0 Å². The number of rotatable bonds is 6. The van der Waals surface area contributed by atoms with Gasteiger partial charge in [-0.25, -0.2) is 0 Å². The molecule has 0 aliphatic carbocycles. The summed E-state index contributed by atoms with van der Waals surface area (Å²) in [6.07, 6.45) is 0. The van der Waals surface area contributed by atoms with Crippen LogP contribution in [-0.2, 0) is 13.2 Å². The Morgan fingerprint density at radius 3 is 1.31 bits per heavy atom. The first-order valence-corrected chi connectivity index (χ1v) is 8.59. The van der Waals surface area contributed by atoms with Crippen molar-refractivity contribution < 1.29 is 9.47 Å². The predicted octanol–water partition coefficient (Wildman–Crippen LogP) is 4.63. The van der Waals surface area contributed by atoms with Gasteiger partial charge >= 0.3 is 0 Å². The molecule has 3 aromatic carbocycles. The Kier molecular flexibility index (Phi) is 5.32. The Bertz CT molecular complexity index is 774. The Labute approximate surface area is 154 Å². The molecule has 4 N–H and O–H groups in total. The van der Waals surface area contributed by atoms with Crippen LogP contribution in [0.2, 0.25) is 0 Å². The number of nitrogens with two attached hydrogens (primary N) is 2. The first-order valence-electron chi connectivity index (χ1n) is 8.59. The van der Waals surface area contributed by atoms with E-state index in [1.807, 2.05) is 74.5 Å². The third kappa shape index (κ3) is 3.75. The molecule has 0 saturated carbocycles. The molecule has 0 radical (unpaired) electrons. The zero-order chi connectivity index (χ0) is 18.5. The van der Waals surface area contributed by atoms with Crippen LogP contribution in [0.1, 0.15) is 22.3 Å². The van der Waals surface area contributed by atoms with Gasteiger partial charge in [0.15, 0.2) is 0 Å². The summed E-state index contributed by atoms with van der Waals surface area (Å²) in [5, 5.41) is 0. The maximum absolute atomic E-state index is 6.26. The minimum absolute atomic E-state index is 0.423. The lowest BCUT2D eigenvalue weighted by Crippen LogP contribution is -2.08. The highest BCUT2D eigenvalue weighted by Gasteiger charge is 2.19. The van der Waals surface area contributed by atoms with Crippen molar-refractivity contribution in [3.63, 3.8) is 0 Å². The maximum Gasteiger partial charge on any atom is 0.148 e. The van der Waals surface area contributed by atoms with E-state index in [0.717, 1.165) is 22.3 Å². The lowest BCUT2D eigenvalue weighted by atomic mass is 10.0. The lowest BCUT2D eigenvalue weighted by molar-refractivity contribution is 0.296. The molecular formula is C22H24N2O2. The first-order chi connectivity index (χ1) is 12.6. The standard InChI is InChI=1S/C22H24N2O2/c1-15-16(2)22(26-14-18-11-7-4-8-12-18)20(24)19(23)21(15)25-13-17-9-5-3-6-10-17/h3-12H,13-14,23-24H2,1-2H3. The van der Waals surface area contributed by atoms with Crippen LogP contribution in [0.3, 0.4) is 0 Å². The quantitative estimate of drug-likeness (QED) is 0.637. The van der Waals surface area contributed by atoms with Crippen LogP contribution >= 0.6 is 0 Å². The summed E-state index contributed by atoms with van der Waals surface area (Å²) in [4.78, 5) is 0. The monoisotopic (exact) mass is 348 g/mol. The molecule has 4 heteroatoms. The third-order valence-corrected chi connectivity index (χ3v) is 4.48. The van der Waals surface area contributed by atoms with E-state index in [4.69, 9.17) is 20.9 Å². The summed E-state index contributed by atoms with van der Waals surface area (Å²) in [7, 11) is 0. The van der Waals surface area contributed by atoms with Crippen LogP contribution in [0.5, 0.6) is 11.5 Å². The minimum Gasteiger partial charge on any atom is -0.486 e. The van der Waals surface area contributed by atoms with E-state index in [9.17, 15) is 0 Å². The number of benzene rings is 3. The summed E-state index contributed by atoms with van der Waals surface area (Å²) < 4.78 is 11.9. The molecule has 0 aromatic heterocycles. The van der Waals surface area contributed by atoms with Crippen LogP contribution < -0.4 is 20.9 Å². The Hall–Kier alpha value is -3.14. The molecule has 0 saturated heterocycles. The van der Waals surface area contributed by atoms with Crippen LogP contribution in [-0.4, -0.2) is 0 Å². The fourth-order valence-corrected chi connectivity index (χ4v) is 2.82. The Morgan fingerprint density at radius 1 is 0.615 bits per heavy atom. The molecule has 0 amide bonds. The first kappa shape index (κ1) is 17.7. The highest BCUT2D eigenvalue weighted by molar-refractivity contribution is 5.81. The summed E-state index contributed by atoms with van der Waals surface area (Å²) in [6, 6.07) is 19.9. The van der Waals surface area contributed by atoms with Gasteiger partial charge < -0.3 is 20.9 Å². The van der Waals surface area contributed by atoms with E-state index >= 15 is 0 Å². The van der Waals surface area contributed by atoms with Crippen molar-refractivity contribution in [3.8, 4) is 11.5 Å². The highest BCUT2D eigenvalue weighted by Crippen LogP contribution is 2.42. The van der Waals surface area contributed by atoms with Gasteiger partial charge in [0.2, 0.25) is 0 Å². The van der Waals surface area contributed by atoms with E-state index in [0.29, 0.717) is 36.1 Å². The molecule has 0 heterocycles. The fraction of sp³-hybridized carbons (Fsp3) is 0.182. The van der Waals surface area contributed by atoms with E-state index in [1.54, 1.807) is 0 Å². The third-order valence-electron chi connectivity index (χ3n) is 4.48. The van der Waals surface area contributed by atoms with Crippen LogP contribution in [0.25, 0.3) is 0 Å². The van der Waals surface area contributed by atoms with Crippen LogP contribution in [0.4, 0.5) is 11.4 Å². The molecule has 134 valence electrons. The zero-order valence-electron chi connectivity index (χ0n) is 15.2. The largest absolute Gasteiger partial charge is 0.486 e. The van der Waals surface area contributed by atoms with Gasteiger partial charge in [0, 0.05) is 0 Å². The second kappa shape index (κ2) is 7.83. The SMILES string of the molecule is Cc1c(C)c(OCc2ccccc2)c(N)c(N)c1OCc1ccccc1. The molecule has 0 aliphatic rings. The normalized spacial score (nSPS) is 10.5. The molecule has 0 spiro atoms. The van der Waals surface area contributed by atoms with E-state index in [2.05, 4.69) is 0 Å². The van der Waals surface area contributed by atoms with Crippen molar-refractivity contribution in [2.75, 3.05) is 11.5 Å². The molecule has 3 rings (SSSR count). The molecule has 0 unspecified atom stereocenters. The summed E-state index contributed by atoms with van der Waals surface area (Å²) in [5.41, 5.74) is 17.4. The molecule has 0 atom stereocenters. The van der Waals surface area contributed by atoms with Crippen LogP contribution in [0.15, 0.2) is 60.7 Å². The lowest BCUT2D eigenvalue weighted by Gasteiger charge is -2.20. The summed E-state index contributed by atoms with van der Waals surface area (Å²) >= 11 is 0. The summed E-state index contributed by atoms with van der Waals surface area (Å²) in [6.45, 7) is 4.83. The number of hydrogen-bond donors (Lipinski definition) is 2. The second-order valence-corrected chi connectivity index (χ2v) is 6.28. The van der Waals surface area contributed by atoms with Crippen molar-refractivity contribution in [2.24, 2.45) is 0 Å². The fourth-order valence-electron chi connectivity index (χ4n) is 2.82. The number of hydrogen-bond acceptors (Lipinski definition) is 4. The predicted molar refractivity (Wildman–Crippen MR) is 106 cm³/mol. The van der Waals surface area contributed by atoms with Crippen molar-refractivity contribution in [3.05, 3.63) is 82.9 Å². The van der Waals surface area contributed by atoms with Gasteiger partial charge in [0.25, 0.3) is 0 Å². The Balaban J connectivity index is 1.82. The number of nitrogen functional groups attached to an aromatic ring is 2. The van der Waals surface area contributed by atoms with Gasteiger partial charge in [-0.05, 0) is 36.1 Å². The van der Waals surface area contributed by atoms with Gasteiger partial charge in [0.05, 0.1) is 0 Å². The van der Waals surface area contributed by atoms with Gasteiger partial charge in [-0.15, -0.1) is 0 Å². The Morgan fingerprint density at radius 2 is 0.962 bits per heavy atom. The number of anilines is 2. The molecule has 0 fully saturated rings. The van der Waals surface area contributed by atoms with Crippen molar-refractivity contribution in [1.82, 2.24) is 0 Å². The van der Waals surface area contributed by atoms with E-state index < -0.39 is 0 Å². The average molecular weight is 348 g/mol. The highest BCUT2D eigenvalue weighted by atomic mass is 16.5. The van der Waals surface area contributed by atoms with Gasteiger partial charge in [-0.1, -0.05) is 60.7 Å². The number of ether oxygens (including phenoxy) is 2. The molecule has 3 aromatic rings. The minimum atomic E-state index is 0.423. The topological polar surface area (TPSA) is 70.5 Å². The molecule has 0 bridgehead atoms. The van der Waals surface area contributed by atoms with Gasteiger partial charge in [-0.2, -0.15) is 0 Å². The summed E-state index contributed by atoms with van der Waals surface area (Å²) in [5.74, 6) is 1.24. The van der Waals surface area contributed by atoms with Crippen molar-refractivity contribution >= 4 is 11.4 Å². The van der Waals surface area contributed by atoms with E-state index in [1.165, 1.54) is 0 Å². The average Bonchev–Trinajstić information content (AvgIpc) is 2.68. The molecular weight excluding hydrogens is 324 g/mol. The zero-order valence-corrected chi connectivity index (χ0v) is 15.2. The molecule has 26 heavy (non-hydrogen) atoms. The maximum atomic E-state index is 6.26. The molecule has 4 nitrogen and oxygen atoms in total. The smallest absolute Gasteiger partial charge is 0.148 e. The second-order valence-electron chi connectivity index (χ2n) is 6.28. The van der Waals surface area contributed by atoms with Crippen LogP contribution in [0, 0.1) is 13.8 Å². The van der Waals surface area contributed by atoms with Crippen molar-refractivity contribution in [1.29, 1.82) is 0 Å². The molecule has 0 aliphatic heterocycles.